The molecule has 0 radical (unpaired) electrons. The summed E-state index contributed by atoms with van der Waals surface area (Å²) in [6.45, 7) is 1.80. The number of carbonyl (C=O) groups is 1. The van der Waals surface area contributed by atoms with Crippen LogP contribution in [0.1, 0.15) is 49.7 Å². The van der Waals surface area contributed by atoms with Crippen LogP contribution in [0.5, 0.6) is 0 Å². The zero-order valence-electron chi connectivity index (χ0n) is 13.2. The van der Waals surface area contributed by atoms with Crippen LogP contribution < -0.4 is 0 Å². The molecule has 1 aromatic carbocycles. The fourth-order valence-electron chi connectivity index (χ4n) is 2.79. The predicted molar refractivity (Wildman–Crippen MR) is 79.4 cm³/mol. The molecule has 1 aliphatic carbocycles. The van der Waals surface area contributed by atoms with Crippen molar-refractivity contribution in [2.24, 2.45) is 0 Å². The van der Waals surface area contributed by atoms with Gasteiger partial charge in [-0.15, -0.1) is 0 Å². The monoisotopic (exact) mass is 324 g/mol. The number of halogens is 3. The summed E-state index contributed by atoms with van der Waals surface area (Å²) >= 11 is 0. The summed E-state index contributed by atoms with van der Waals surface area (Å²) in [7, 11) is 1.63. The van der Waals surface area contributed by atoms with E-state index in [0.717, 1.165) is 18.6 Å². The van der Waals surface area contributed by atoms with Crippen LogP contribution in [0.2, 0.25) is 0 Å². The Morgan fingerprint density at radius 1 is 1.35 bits per heavy atom. The molecule has 1 fully saturated rings. The van der Waals surface area contributed by atoms with Crippen molar-refractivity contribution < 1.29 is 18.0 Å². The third-order valence-corrected chi connectivity index (χ3v) is 4.69. The molecule has 124 valence electrons. The molecule has 1 aliphatic rings. The van der Waals surface area contributed by atoms with Crippen molar-refractivity contribution in [3.8, 4) is 6.07 Å². The Morgan fingerprint density at radius 3 is 2.30 bits per heavy atom. The lowest BCUT2D eigenvalue weighted by molar-refractivity contribution is -0.138. The van der Waals surface area contributed by atoms with Crippen LogP contribution in [0.25, 0.3) is 0 Å². The summed E-state index contributed by atoms with van der Waals surface area (Å²) in [4.78, 5) is 13.8. The van der Waals surface area contributed by atoms with Crippen molar-refractivity contribution in [1.82, 2.24) is 4.90 Å². The Hall–Kier alpha value is -2.03. The van der Waals surface area contributed by atoms with Gasteiger partial charge in [0.2, 0.25) is 5.91 Å². The van der Waals surface area contributed by atoms with E-state index in [4.69, 9.17) is 0 Å². The molecule has 1 unspecified atom stereocenters. The quantitative estimate of drug-likeness (QED) is 0.837. The number of nitriles is 1. The van der Waals surface area contributed by atoms with Gasteiger partial charge in [-0.3, -0.25) is 4.79 Å². The number of carbonyl (C=O) groups excluding carboxylic acids is 1. The first-order valence-electron chi connectivity index (χ1n) is 7.55. The molecular formula is C17H19F3N2O. The fourth-order valence-corrected chi connectivity index (χ4v) is 2.79. The van der Waals surface area contributed by atoms with Gasteiger partial charge in [-0.05, 0) is 42.9 Å². The molecule has 1 aromatic rings. The van der Waals surface area contributed by atoms with Crippen molar-refractivity contribution in [3.63, 3.8) is 0 Å². The van der Waals surface area contributed by atoms with Gasteiger partial charge >= 0.3 is 6.18 Å². The van der Waals surface area contributed by atoms with E-state index in [1.165, 1.54) is 17.0 Å². The van der Waals surface area contributed by atoms with Gasteiger partial charge < -0.3 is 4.90 Å². The van der Waals surface area contributed by atoms with Gasteiger partial charge in [0, 0.05) is 13.5 Å². The second-order valence-corrected chi connectivity index (χ2v) is 6.17. The van der Waals surface area contributed by atoms with E-state index < -0.39 is 17.3 Å². The molecule has 0 aliphatic heterocycles. The minimum atomic E-state index is -4.36. The van der Waals surface area contributed by atoms with Crippen LogP contribution in [-0.4, -0.2) is 23.4 Å². The van der Waals surface area contributed by atoms with E-state index >= 15 is 0 Å². The highest BCUT2D eigenvalue weighted by molar-refractivity contribution is 5.78. The highest BCUT2D eigenvalue weighted by Crippen LogP contribution is 2.37. The SMILES string of the molecule is CC(CC(=O)N(C)C1(C#N)CCC1)c1ccc(C(F)(F)F)cc1. The first-order valence-corrected chi connectivity index (χ1v) is 7.55. The summed E-state index contributed by atoms with van der Waals surface area (Å²) in [6, 6.07) is 7.09. The third-order valence-electron chi connectivity index (χ3n) is 4.69. The van der Waals surface area contributed by atoms with Crippen LogP contribution in [-0.2, 0) is 11.0 Å². The first-order chi connectivity index (χ1) is 10.7. The molecule has 0 N–H and O–H groups in total. The van der Waals surface area contributed by atoms with Crippen LogP contribution in [0, 0.1) is 11.3 Å². The van der Waals surface area contributed by atoms with E-state index in [1.807, 2.05) is 0 Å². The number of hydrogen-bond acceptors (Lipinski definition) is 2. The summed E-state index contributed by atoms with van der Waals surface area (Å²) in [5.41, 5.74) is -0.717. The molecule has 2 rings (SSSR count). The zero-order chi connectivity index (χ0) is 17.3. The lowest BCUT2D eigenvalue weighted by atomic mass is 9.76. The molecule has 0 saturated heterocycles. The highest BCUT2D eigenvalue weighted by atomic mass is 19.4. The van der Waals surface area contributed by atoms with Gasteiger partial charge in [-0.2, -0.15) is 18.4 Å². The largest absolute Gasteiger partial charge is 0.416 e. The maximum atomic E-state index is 12.6. The summed E-state index contributed by atoms with van der Waals surface area (Å²) < 4.78 is 37.7. The average molecular weight is 324 g/mol. The molecule has 3 nitrogen and oxygen atoms in total. The van der Waals surface area contributed by atoms with Gasteiger partial charge in [0.15, 0.2) is 0 Å². The second-order valence-electron chi connectivity index (χ2n) is 6.17. The van der Waals surface area contributed by atoms with Crippen LogP contribution in [0.3, 0.4) is 0 Å². The maximum absolute atomic E-state index is 12.6. The van der Waals surface area contributed by atoms with Gasteiger partial charge in [0.25, 0.3) is 0 Å². The number of amides is 1. The summed E-state index contributed by atoms with van der Waals surface area (Å²) in [5, 5.41) is 9.26. The number of hydrogen-bond donors (Lipinski definition) is 0. The Bertz CT molecular complexity index is 612. The van der Waals surface area contributed by atoms with Gasteiger partial charge in [-0.1, -0.05) is 19.1 Å². The third kappa shape index (κ3) is 3.49. The highest BCUT2D eigenvalue weighted by Gasteiger charge is 2.43. The topological polar surface area (TPSA) is 44.1 Å². The molecule has 1 atom stereocenters. The zero-order valence-corrected chi connectivity index (χ0v) is 13.2. The summed E-state index contributed by atoms with van der Waals surface area (Å²) in [6.07, 6.45) is -1.90. The molecule has 1 amide bonds. The Kier molecular flexibility index (Phi) is 4.69. The molecule has 1 saturated carbocycles. The average Bonchev–Trinajstić information content (AvgIpc) is 2.45. The number of rotatable bonds is 4. The van der Waals surface area contributed by atoms with E-state index in [2.05, 4.69) is 6.07 Å². The van der Waals surface area contributed by atoms with E-state index in [1.54, 1.807) is 14.0 Å². The van der Waals surface area contributed by atoms with E-state index in [-0.39, 0.29) is 18.2 Å². The van der Waals surface area contributed by atoms with Gasteiger partial charge in [0.1, 0.15) is 5.54 Å². The molecule has 0 heterocycles. The molecule has 0 spiro atoms. The van der Waals surface area contributed by atoms with Crippen molar-refractivity contribution in [2.75, 3.05) is 7.05 Å². The van der Waals surface area contributed by atoms with Crippen molar-refractivity contribution >= 4 is 5.91 Å². The first kappa shape index (κ1) is 17.3. The molecule has 0 bridgehead atoms. The van der Waals surface area contributed by atoms with Crippen LogP contribution >= 0.6 is 0 Å². The lowest BCUT2D eigenvalue weighted by Crippen LogP contribution is -2.53. The number of nitrogens with zero attached hydrogens (tertiary/aromatic N) is 2. The Labute approximate surface area is 133 Å². The maximum Gasteiger partial charge on any atom is 0.416 e. The Balaban J connectivity index is 2.03. The fraction of sp³-hybridized carbons (Fsp3) is 0.529. The van der Waals surface area contributed by atoms with E-state index in [0.29, 0.717) is 18.4 Å². The summed E-state index contributed by atoms with van der Waals surface area (Å²) in [5.74, 6) is -0.360. The van der Waals surface area contributed by atoms with Crippen LogP contribution in [0.4, 0.5) is 13.2 Å². The number of benzene rings is 1. The molecular weight excluding hydrogens is 305 g/mol. The van der Waals surface area contributed by atoms with Crippen molar-refractivity contribution in [2.45, 2.75) is 50.2 Å². The van der Waals surface area contributed by atoms with Crippen LogP contribution in [0.15, 0.2) is 24.3 Å². The minimum Gasteiger partial charge on any atom is -0.327 e. The second kappa shape index (κ2) is 6.23. The van der Waals surface area contributed by atoms with Gasteiger partial charge in [0.05, 0.1) is 11.6 Å². The minimum absolute atomic E-state index is 0.154. The normalized spacial score (nSPS) is 17.7. The predicted octanol–water partition coefficient (Wildman–Crippen LogP) is 4.10. The molecule has 23 heavy (non-hydrogen) atoms. The standard InChI is InChI=1S/C17H19F3N2O/c1-12(13-4-6-14(7-5-13)17(18,19)20)10-15(23)22(2)16(11-21)8-3-9-16/h4-7,12H,3,8-10H2,1-2H3. The van der Waals surface area contributed by atoms with Crippen molar-refractivity contribution in [1.29, 1.82) is 5.26 Å². The molecule has 0 aromatic heterocycles. The van der Waals surface area contributed by atoms with Gasteiger partial charge in [-0.25, -0.2) is 0 Å². The Morgan fingerprint density at radius 2 is 1.91 bits per heavy atom. The lowest BCUT2D eigenvalue weighted by Gasteiger charge is -2.43. The van der Waals surface area contributed by atoms with Crippen molar-refractivity contribution in [3.05, 3.63) is 35.4 Å². The number of alkyl halides is 3. The van der Waals surface area contributed by atoms with E-state index in [9.17, 15) is 23.2 Å². The molecule has 6 heteroatoms. The smallest absolute Gasteiger partial charge is 0.327 e.